The summed E-state index contributed by atoms with van der Waals surface area (Å²) in [4.78, 5) is 29.3. The van der Waals surface area contributed by atoms with Crippen LogP contribution in [-0.2, 0) is 16.0 Å². The highest BCUT2D eigenvalue weighted by atomic mass is 19.4. The van der Waals surface area contributed by atoms with Gasteiger partial charge in [-0.05, 0) is 73.2 Å². The Morgan fingerprint density at radius 2 is 1.53 bits per heavy atom. The molecule has 0 spiro atoms. The number of ether oxygens (including phenoxy) is 4. The van der Waals surface area contributed by atoms with Crippen molar-refractivity contribution in [2.24, 2.45) is 0 Å². The SMILES string of the molecule is CCOC(=O)C(Cc1ccc(OCCNC(=O)c2ccc(-c3ccccn3)cc2)cc1)Oc1ccc(OC(F)(F)F)cc1. The van der Waals surface area contributed by atoms with E-state index in [1.165, 1.54) is 12.1 Å². The minimum Gasteiger partial charge on any atom is -0.492 e. The first kappa shape index (κ1) is 30.9. The first-order valence-electron chi connectivity index (χ1n) is 13.4. The molecule has 224 valence electrons. The molecule has 4 rings (SSSR count). The van der Waals surface area contributed by atoms with E-state index in [-0.39, 0.29) is 37.8 Å². The molecule has 1 unspecified atom stereocenters. The maximum atomic E-state index is 12.5. The van der Waals surface area contributed by atoms with Crippen molar-refractivity contribution in [2.45, 2.75) is 25.8 Å². The smallest absolute Gasteiger partial charge is 0.492 e. The minimum absolute atomic E-state index is 0.136. The molecule has 0 saturated heterocycles. The molecule has 1 atom stereocenters. The Balaban J connectivity index is 1.25. The molecule has 0 aliphatic carbocycles. The normalized spacial score (nSPS) is 11.7. The van der Waals surface area contributed by atoms with Crippen molar-refractivity contribution in [1.29, 1.82) is 0 Å². The summed E-state index contributed by atoms with van der Waals surface area (Å²) in [5.74, 6) is -0.497. The van der Waals surface area contributed by atoms with Crippen LogP contribution in [0.15, 0.2) is 97.2 Å². The number of rotatable bonds is 13. The number of amides is 1. The molecule has 1 N–H and O–H groups in total. The van der Waals surface area contributed by atoms with Gasteiger partial charge in [-0.2, -0.15) is 0 Å². The predicted octanol–water partition coefficient (Wildman–Crippen LogP) is 6.01. The summed E-state index contributed by atoms with van der Waals surface area (Å²) in [6.45, 7) is 2.32. The molecule has 0 fully saturated rings. The minimum atomic E-state index is -4.81. The lowest BCUT2D eigenvalue weighted by Gasteiger charge is -2.18. The largest absolute Gasteiger partial charge is 0.573 e. The number of hydrogen-bond acceptors (Lipinski definition) is 7. The third-order valence-corrected chi connectivity index (χ3v) is 5.99. The van der Waals surface area contributed by atoms with E-state index in [1.807, 2.05) is 30.3 Å². The molecule has 11 heteroatoms. The Morgan fingerprint density at radius 1 is 0.860 bits per heavy atom. The van der Waals surface area contributed by atoms with E-state index in [0.717, 1.165) is 29.0 Å². The molecule has 3 aromatic carbocycles. The monoisotopic (exact) mass is 594 g/mol. The average Bonchev–Trinajstić information content (AvgIpc) is 3.00. The van der Waals surface area contributed by atoms with Crippen molar-refractivity contribution in [3.8, 4) is 28.5 Å². The van der Waals surface area contributed by atoms with Gasteiger partial charge in [0.25, 0.3) is 5.91 Å². The molecule has 4 aromatic rings. The summed E-state index contributed by atoms with van der Waals surface area (Å²) in [6, 6.07) is 24.5. The van der Waals surface area contributed by atoms with Gasteiger partial charge in [-0.15, -0.1) is 13.2 Å². The molecular formula is C32H29F3N2O6. The van der Waals surface area contributed by atoms with Gasteiger partial charge in [0.2, 0.25) is 0 Å². The summed E-state index contributed by atoms with van der Waals surface area (Å²) < 4.78 is 57.6. The molecule has 1 aromatic heterocycles. The zero-order valence-corrected chi connectivity index (χ0v) is 23.2. The van der Waals surface area contributed by atoms with Crippen LogP contribution in [0.25, 0.3) is 11.3 Å². The van der Waals surface area contributed by atoms with Crippen LogP contribution < -0.4 is 19.5 Å². The summed E-state index contributed by atoms with van der Waals surface area (Å²) in [5.41, 5.74) is 3.00. The molecule has 43 heavy (non-hydrogen) atoms. The highest BCUT2D eigenvalue weighted by Gasteiger charge is 2.31. The molecule has 0 saturated carbocycles. The number of nitrogens with one attached hydrogen (secondary N) is 1. The summed E-state index contributed by atoms with van der Waals surface area (Å²) >= 11 is 0. The Kier molecular flexibility index (Phi) is 10.6. The van der Waals surface area contributed by atoms with Gasteiger partial charge in [0.15, 0.2) is 6.10 Å². The number of esters is 1. The number of carbonyl (C=O) groups excluding carboxylic acids is 2. The fourth-order valence-corrected chi connectivity index (χ4v) is 3.99. The molecule has 0 bridgehead atoms. The van der Waals surface area contributed by atoms with Gasteiger partial charge in [0, 0.05) is 23.7 Å². The maximum Gasteiger partial charge on any atom is 0.573 e. The van der Waals surface area contributed by atoms with Crippen molar-refractivity contribution < 1.29 is 41.7 Å². The Hall–Kier alpha value is -5.06. The molecule has 8 nitrogen and oxygen atoms in total. The van der Waals surface area contributed by atoms with Crippen molar-refractivity contribution in [3.63, 3.8) is 0 Å². The lowest BCUT2D eigenvalue weighted by Crippen LogP contribution is -2.31. The van der Waals surface area contributed by atoms with Crippen molar-refractivity contribution >= 4 is 11.9 Å². The fraction of sp³-hybridized carbons (Fsp3) is 0.219. The van der Waals surface area contributed by atoms with Crippen LogP contribution in [0.5, 0.6) is 17.2 Å². The molecule has 0 radical (unpaired) electrons. The van der Waals surface area contributed by atoms with Gasteiger partial charge in [0.05, 0.1) is 18.8 Å². The summed E-state index contributed by atoms with van der Waals surface area (Å²) in [7, 11) is 0. The lowest BCUT2D eigenvalue weighted by molar-refractivity contribution is -0.274. The van der Waals surface area contributed by atoms with Crippen LogP contribution in [0.3, 0.4) is 0 Å². The second kappa shape index (κ2) is 14.7. The number of benzene rings is 3. The Labute approximate surface area is 246 Å². The number of carbonyl (C=O) groups is 2. The highest BCUT2D eigenvalue weighted by molar-refractivity contribution is 5.94. The van der Waals surface area contributed by atoms with Crippen LogP contribution in [0.4, 0.5) is 13.2 Å². The van der Waals surface area contributed by atoms with Crippen molar-refractivity contribution in [3.05, 3.63) is 108 Å². The standard InChI is InChI=1S/C32H29F3N2O6/c1-2-40-31(39)29(42-26-14-16-27(17-15-26)43-32(33,34)35)21-22-6-12-25(13-7-22)41-20-19-37-30(38)24-10-8-23(9-11-24)28-5-3-4-18-36-28/h3-18,29H,2,19-21H2,1H3,(H,37,38). The van der Waals surface area contributed by atoms with E-state index < -0.39 is 24.2 Å². The number of hydrogen-bond donors (Lipinski definition) is 1. The molecule has 0 aliphatic heterocycles. The topological polar surface area (TPSA) is 96.0 Å². The quantitative estimate of drug-likeness (QED) is 0.150. The zero-order valence-electron chi connectivity index (χ0n) is 23.2. The van der Waals surface area contributed by atoms with Gasteiger partial charge in [0.1, 0.15) is 23.9 Å². The van der Waals surface area contributed by atoms with Crippen molar-refractivity contribution in [1.82, 2.24) is 10.3 Å². The number of alkyl halides is 3. The van der Waals surface area contributed by atoms with E-state index in [2.05, 4.69) is 15.0 Å². The second-order valence-corrected chi connectivity index (χ2v) is 9.12. The van der Waals surface area contributed by atoms with Crippen LogP contribution >= 0.6 is 0 Å². The van der Waals surface area contributed by atoms with E-state index in [0.29, 0.717) is 11.3 Å². The fourth-order valence-electron chi connectivity index (χ4n) is 3.99. The Morgan fingerprint density at radius 3 is 2.16 bits per heavy atom. The van der Waals surface area contributed by atoms with Gasteiger partial charge in [-0.1, -0.05) is 30.3 Å². The van der Waals surface area contributed by atoms with Crippen molar-refractivity contribution in [2.75, 3.05) is 19.8 Å². The molecule has 1 heterocycles. The predicted molar refractivity (Wildman–Crippen MR) is 152 cm³/mol. The lowest BCUT2D eigenvalue weighted by atomic mass is 10.1. The van der Waals surface area contributed by atoms with Gasteiger partial charge >= 0.3 is 12.3 Å². The molecule has 0 aliphatic rings. The average molecular weight is 595 g/mol. The number of halogens is 3. The summed E-state index contributed by atoms with van der Waals surface area (Å²) in [5, 5.41) is 2.82. The summed E-state index contributed by atoms with van der Waals surface area (Å²) in [6.07, 6.45) is -3.98. The third-order valence-electron chi connectivity index (χ3n) is 5.99. The van der Waals surface area contributed by atoms with Crippen LogP contribution in [-0.4, -0.2) is 49.1 Å². The van der Waals surface area contributed by atoms with E-state index >= 15 is 0 Å². The number of aromatic nitrogens is 1. The van der Waals surface area contributed by atoms with Crippen LogP contribution in [0.2, 0.25) is 0 Å². The maximum absolute atomic E-state index is 12.5. The first-order chi connectivity index (χ1) is 20.7. The van der Waals surface area contributed by atoms with Gasteiger partial charge in [-0.25, -0.2) is 4.79 Å². The van der Waals surface area contributed by atoms with E-state index in [4.69, 9.17) is 14.2 Å². The van der Waals surface area contributed by atoms with E-state index in [9.17, 15) is 22.8 Å². The zero-order chi connectivity index (χ0) is 30.7. The Bertz CT molecular complexity index is 1460. The second-order valence-electron chi connectivity index (χ2n) is 9.12. The highest BCUT2D eigenvalue weighted by Crippen LogP contribution is 2.26. The number of nitrogens with zero attached hydrogens (tertiary/aromatic N) is 1. The number of pyridine rings is 1. The first-order valence-corrected chi connectivity index (χ1v) is 13.4. The van der Waals surface area contributed by atoms with Gasteiger partial charge < -0.3 is 24.3 Å². The molecular weight excluding hydrogens is 565 g/mol. The van der Waals surface area contributed by atoms with Crippen LogP contribution in [0, 0.1) is 0 Å². The van der Waals surface area contributed by atoms with Crippen LogP contribution in [0.1, 0.15) is 22.8 Å². The van der Waals surface area contributed by atoms with E-state index in [1.54, 1.807) is 49.5 Å². The molecule has 1 amide bonds. The third kappa shape index (κ3) is 9.77. The van der Waals surface area contributed by atoms with Gasteiger partial charge in [-0.3, -0.25) is 9.78 Å².